The van der Waals surface area contributed by atoms with E-state index in [0.29, 0.717) is 30.8 Å². The summed E-state index contributed by atoms with van der Waals surface area (Å²) in [6.45, 7) is 4.19. The van der Waals surface area contributed by atoms with Crippen molar-refractivity contribution < 1.29 is 16.8 Å². The van der Waals surface area contributed by atoms with Crippen molar-refractivity contribution in [3.63, 3.8) is 0 Å². The van der Waals surface area contributed by atoms with E-state index in [2.05, 4.69) is 4.72 Å². The maximum atomic E-state index is 13.2. The average molecular weight is 457 g/mol. The number of fused-ring (bicyclic) bond motifs is 1. The summed E-state index contributed by atoms with van der Waals surface area (Å²) in [4.78, 5) is 0.425. The molecule has 0 atom stereocenters. The first-order valence-electron chi connectivity index (χ1n) is 9.99. The normalized spacial score (nSPS) is 14.2. The number of anilines is 2. The second-order valence-corrected chi connectivity index (χ2v) is 11.3. The zero-order valence-corrected chi connectivity index (χ0v) is 19.0. The Morgan fingerprint density at radius 1 is 0.774 bits per heavy atom. The lowest BCUT2D eigenvalue weighted by Gasteiger charge is -2.31. The summed E-state index contributed by atoms with van der Waals surface area (Å²) in [7, 11) is -7.42. The molecule has 1 aliphatic heterocycles. The van der Waals surface area contributed by atoms with Crippen molar-refractivity contribution in [1.29, 1.82) is 0 Å². The minimum Gasteiger partial charge on any atom is -0.280 e. The molecule has 8 heteroatoms. The van der Waals surface area contributed by atoms with Crippen LogP contribution in [0.25, 0.3) is 0 Å². The van der Waals surface area contributed by atoms with Gasteiger partial charge in [0.2, 0.25) is 0 Å². The van der Waals surface area contributed by atoms with Crippen molar-refractivity contribution in [1.82, 2.24) is 0 Å². The molecule has 0 unspecified atom stereocenters. The van der Waals surface area contributed by atoms with Crippen molar-refractivity contribution in [2.24, 2.45) is 0 Å². The standard InChI is InChI=1S/C23H24N2O4S2/c1-17-5-10-21(11-6-17)30(26,27)24-20-9-14-23-19(16-20)4-3-15-25(23)31(28,29)22-12-7-18(2)8-13-22/h5-14,16,24H,3-4,15H2,1-2H3. The summed E-state index contributed by atoms with van der Waals surface area (Å²) in [5, 5.41) is 0. The molecule has 0 aliphatic carbocycles. The molecule has 0 saturated carbocycles. The van der Waals surface area contributed by atoms with E-state index in [4.69, 9.17) is 0 Å². The van der Waals surface area contributed by atoms with Crippen LogP contribution in [0.4, 0.5) is 11.4 Å². The second kappa shape index (κ2) is 8.01. The van der Waals surface area contributed by atoms with Gasteiger partial charge in [0.1, 0.15) is 0 Å². The van der Waals surface area contributed by atoms with Crippen LogP contribution in [0.15, 0.2) is 76.5 Å². The molecular formula is C23H24N2O4S2. The highest BCUT2D eigenvalue weighted by molar-refractivity contribution is 7.93. The molecule has 6 nitrogen and oxygen atoms in total. The van der Waals surface area contributed by atoms with Gasteiger partial charge in [-0.1, -0.05) is 35.4 Å². The zero-order chi connectivity index (χ0) is 22.2. The van der Waals surface area contributed by atoms with Crippen molar-refractivity contribution in [3.05, 3.63) is 83.4 Å². The first kappa shape index (κ1) is 21.4. The first-order chi connectivity index (χ1) is 14.7. The Morgan fingerprint density at radius 2 is 1.35 bits per heavy atom. The number of sulfonamides is 2. The van der Waals surface area contributed by atoms with Gasteiger partial charge in [-0.15, -0.1) is 0 Å². The molecular weight excluding hydrogens is 432 g/mol. The third-order valence-electron chi connectivity index (χ3n) is 5.35. The van der Waals surface area contributed by atoms with Gasteiger partial charge in [0.05, 0.1) is 15.5 Å². The van der Waals surface area contributed by atoms with Gasteiger partial charge in [-0.2, -0.15) is 0 Å². The largest absolute Gasteiger partial charge is 0.280 e. The number of hydrogen-bond acceptors (Lipinski definition) is 4. The fourth-order valence-electron chi connectivity index (χ4n) is 3.64. The Hall–Kier alpha value is -2.84. The lowest BCUT2D eigenvalue weighted by Crippen LogP contribution is -2.35. The smallest absolute Gasteiger partial charge is 0.264 e. The van der Waals surface area contributed by atoms with E-state index >= 15 is 0 Å². The van der Waals surface area contributed by atoms with Gasteiger partial charge >= 0.3 is 0 Å². The molecule has 31 heavy (non-hydrogen) atoms. The van der Waals surface area contributed by atoms with Crippen molar-refractivity contribution >= 4 is 31.4 Å². The SMILES string of the molecule is Cc1ccc(S(=O)(=O)Nc2ccc3c(c2)CCCN3S(=O)(=O)c2ccc(C)cc2)cc1. The highest BCUT2D eigenvalue weighted by Gasteiger charge is 2.29. The van der Waals surface area contributed by atoms with Gasteiger partial charge in [0.25, 0.3) is 20.0 Å². The fourth-order valence-corrected chi connectivity index (χ4v) is 6.24. The van der Waals surface area contributed by atoms with Gasteiger partial charge in [-0.05, 0) is 74.7 Å². The van der Waals surface area contributed by atoms with Gasteiger partial charge in [-0.25, -0.2) is 16.8 Å². The molecule has 1 aliphatic rings. The molecule has 0 fully saturated rings. The van der Waals surface area contributed by atoms with E-state index < -0.39 is 20.0 Å². The van der Waals surface area contributed by atoms with Crippen LogP contribution in [0.1, 0.15) is 23.1 Å². The maximum absolute atomic E-state index is 13.2. The van der Waals surface area contributed by atoms with Crippen LogP contribution in [0, 0.1) is 13.8 Å². The molecule has 0 radical (unpaired) electrons. The predicted octanol–water partition coefficient (Wildman–Crippen LogP) is 4.25. The van der Waals surface area contributed by atoms with E-state index in [1.807, 2.05) is 13.8 Å². The minimum atomic E-state index is -3.73. The summed E-state index contributed by atoms with van der Waals surface area (Å²) in [5.74, 6) is 0. The Bertz CT molecular complexity index is 1310. The Labute approximate surface area is 183 Å². The van der Waals surface area contributed by atoms with Gasteiger partial charge in [0.15, 0.2) is 0 Å². The number of hydrogen-bond donors (Lipinski definition) is 1. The summed E-state index contributed by atoms with van der Waals surface area (Å²) in [5.41, 5.74) is 3.76. The number of benzene rings is 3. The van der Waals surface area contributed by atoms with Crippen LogP contribution in [0.3, 0.4) is 0 Å². The highest BCUT2D eigenvalue weighted by atomic mass is 32.2. The van der Waals surface area contributed by atoms with Gasteiger partial charge < -0.3 is 0 Å². The second-order valence-electron chi connectivity index (χ2n) is 7.76. The maximum Gasteiger partial charge on any atom is 0.264 e. The summed E-state index contributed by atoms with van der Waals surface area (Å²) in [6.07, 6.45) is 1.33. The quantitative estimate of drug-likeness (QED) is 0.622. The van der Waals surface area contributed by atoms with Crippen LogP contribution in [0.2, 0.25) is 0 Å². The zero-order valence-electron chi connectivity index (χ0n) is 17.4. The van der Waals surface area contributed by atoms with Crippen LogP contribution in [0.5, 0.6) is 0 Å². The van der Waals surface area contributed by atoms with Crippen LogP contribution in [-0.2, 0) is 26.5 Å². The molecule has 0 amide bonds. The number of nitrogens with one attached hydrogen (secondary N) is 1. The summed E-state index contributed by atoms with van der Waals surface area (Å²) >= 11 is 0. The molecule has 3 aromatic carbocycles. The Balaban J connectivity index is 1.64. The van der Waals surface area contributed by atoms with Gasteiger partial charge in [0, 0.05) is 12.2 Å². The molecule has 1 N–H and O–H groups in total. The average Bonchev–Trinajstić information content (AvgIpc) is 2.73. The molecule has 1 heterocycles. The number of aryl methyl sites for hydroxylation is 3. The Kier molecular flexibility index (Phi) is 5.53. The fraction of sp³-hybridized carbons (Fsp3) is 0.217. The number of rotatable bonds is 5. The summed E-state index contributed by atoms with van der Waals surface area (Å²) < 4.78 is 55.8. The third-order valence-corrected chi connectivity index (χ3v) is 8.57. The van der Waals surface area contributed by atoms with E-state index in [1.54, 1.807) is 66.7 Å². The molecule has 4 rings (SSSR count). The highest BCUT2D eigenvalue weighted by Crippen LogP contribution is 2.34. The Morgan fingerprint density at radius 3 is 1.97 bits per heavy atom. The van der Waals surface area contributed by atoms with Crippen molar-refractivity contribution in [3.8, 4) is 0 Å². The first-order valence-corrected chi connectivity index (χ1v) is 12.9. The van der Waals surface area contributed by atoms with E-state index in [0.717, 1.165) is 16.7 Å². The lowest BCUT2D eigenvalue weighted by molar-refractivity contribution is 0.586. The molecule has 0 bridgehead atoms. The third kappa shape index (κ3) is 4.31. The van der Waals surface area contributed by atoms with Crippen LogP contribution in [-0.4, -0.2) is 23.4 Å². The van der Waals surface area contributed by atoms with E-state index in [1.165, 1.54) is 4.31 Å². The molecule has 0 saturated heterocycles. The predicted molar refractivity (Wildman–Crippen MR) is 122 cm³/mol. The minimum absolute atomic E-state index is 0.180. The van der Waals surface area contributed by atoms with E-state index in [-0.39, 0.29) is 9.79 Å². The molecule has 0 spiro atoms. The van der Waals surface area contributed by atoms with Crippen LogP contribution >= 0.6 is 0 Å². The lowest BCUT2D eigenvalue weighted by atomic mass is 10.0. The van der Waals surface area contributed by atoms with E-state index in [9.17, 15) is 16.8 Å². The monoisotopic (exact) mass is 456 g/mol. The number of nitrogens with zero attached hydrogens (tertiary/aromatic N) is 1. The molecule has 3 aromatic rings. The summed E-state index contributed by atoms with van der Waals surface area (Å²) in [6, 6.07) is 18.4. The van der Waals surface area contributed by atoms with Crippen LogP contribution < -0.4 is 9.03 Å². The van der Waals surface area contributed by atoms with Crippen molar-refractivity contribution in [2.75, 3.05) is 15.6 Å². The molecule has 162 valence electrons. The van der Waals surface area contributed by atoms with Crippen molar-refractivity contribution in [2.45, 2.75) is 36.5 Å². The molecule has 0 aromatic heterocycles. The van der Waals surface area contributed by atoms with Gasteiger partial charge in [-0.3, -0.25) is 9.03 Å². The topological polar surface area (TPSA) is 83.6 Å².